The van der Waals surface area contributed by atoms with Gasteiger partial charge in [0.1, 0.15) is 0 Å². The van der Waals surface area contributed by atoms with Crippen LogP contribution in [0.15, 0.2) is 53.4 Å². The van der Waals surface area contributed by atoms with Crippen LogP contribution >= 0.6 is 0 Å². The summed E-state index contributed by atoms with van der Waals surface area (Å²) in [4.78, 5) is 14.1. The monoisotopic (exact) mass is 360 g/mol. The van der Waals surface area contributed by atoms with Crippen LogP contribution in [0.5, 0.6) is 0 Å². The number of likely N-dealkylation sites (N-methyl/N-ethyl adjacent to an activating group) is 1. The molecule has 2 aromatic rings. The van der Waals surface area contributed by atoms with Gasteiger partial charge in [0.15, 0.2) is 9.84 Å². The lowest BCUT2D eigenvalue weighted by Crippen LogP contribution is -2.24. The summed E-state index contributed by atoms with van der Waals surface area (Å²) in [5.74, 6) is -0.487. The van der Waals surface area contributed by atoms with Crippen LogP contribution in [0.4, 0.5) is 0 Å². The molecule has 0 aliphatic heterocycles. The predicted octanol–water partition coefficient (Wildman–Crippen LogP) is 2.27. The second-order valence-electron chi connectivity index (χ2n) is 6.24. The number of nitrogens with zero attached hydrogens (tertiary/aromatic N) is 1. The van der Waals surface area contributed by atoms with Gasteiger partial charge in [-0.05, 0) is 43.4 Å². The molecule has 6 heteroatoms. The minimum Gasteiger partial charge on any atom is -0.366 e. The Morgan fingerprint density at radius 2 is 1.68 bits per heavy atom. The van der Waals surface area contributed by atoms with Crippen molar-refractivity contribution in [3.8, 4) is 0 Å². The Morgan fingerprint density at radius 3 is 2.20 bits per heavy atom. The smallest absolute Gasteiger partial charge is 0.248 e. The molecule has 0 heterocycles. The molecule has 1 atom stereocenters. The Balaban J connectivity index is 2.51. The van der Waals surface area contributed by atoms with Crippen LogP contribution in [0.1, 0.15) is 34.3 Å². The quantitative estimate of drug-likeness (QED) is 0.821. The van der Waals surface area contributed by atoms with Crippen LogP contribution < -0.4 is 5.73 Å². The van der Waals surface area contributed by atoms with Crippen molar-refractivity contribution >= 4 is 15.7 Å². The van der Waals surface area contributed by atoms with Crippen LogP contribution in [-0.4, -0.2) is 45.6 Å². The molecule has 1 amide bonds. The minimum absolute atomic E-state index is 0.0674. The zero-order valence-electron chi connectivity index (χ0n) is 14.8. The first-order valence-electron chi connectivity index (χ1n) is 8.12. The Labute approximate surface area is 149 Å². The number of hydrogen-bond acceptors (Lipinski definition) is 4. The highest BCUT2D eigenvalue weighted by Crippen LogP contribution is 2.29. The third-order valence-electron chi connectivity index (χ3n) is 4.17. The molecule has 2 aromatic carbocycles. The number of carbonyl (C=O) groups is 1. The lowest BCUT2D eigenvalue weighted by molar-refractivity contribution is 0.0999. The van der Waals surface area contributed by atoms with E-state index in [2.05, 4.69) is 0 Å². The van der Waals surface area contributed by atoms with Gasteiger partial charge < -0.3 is 10.6 Å². The Hall–Kier alpha value is -2.18. The average Bonchev–Trinajstić information content (AvgIpc) is 2.59. The van der Waals surface area contributed by atoms with Gasteiger partial charge in [0.25, 0.3) is 0 Å². The first-order chi connectivity index (χ1) is 11.8. The molecule has 0 fully saturated rings. The van der Waals surface area contributed by atoms with Gasteiger partial charge in [-0.1, -0.05) is 37.3 Å². The second kappa shape index (κ2) is 7.80. The maximum atomic E-state index is 12.0. The minimum atomic E-state index is -3.23. The molecule has 0 spiro atoms. The van der Waals surface area contributed by atoms with Crippen molar-refractivity contribution in [1.29, 1.82) is 0 Å². The highest BCUT2D eigenvalue weighted by Gasteiger charge is 2.21. The fourth-order valence-electron chi connectivity index (χ4n) is 2.85. The molecule has 0 bridgehead atoms. The van der Waals surface area contributed by atoms with Crippen LogP contribution in [0.25, 0.3) is 0 Å². The number of primary amides is 1. The van der Waals surface area contributed by atoms with Crippen molar-refractivity contribution in [3.05, 3.63) is 65.2 Å². The summed E-state index contributed by atoms with van der Waals surface area (Å²) in [6, 6.07) is 14.2. The first-order valence-corrected chi connectivity index (χ1v) is 9.77. The van der Waals surface area contributed by atoms with Crippen LogP contribution in [-0.2, 0) is 9.84 Å². The van der Waals surface area contributed by atoms with Crippen molar-refractivity contribution in [2.75, 3.05) is 26.4 Å². The normalized spacial score (nSPS) is 13.0. The van der Waals surface area contributed by atoms with Gasteiger partial charge in [0.2, 0.25) is 5.91 Å². The lowest BCUT2D eigenvalue weighted by Gasteiger charge is -2.24. The largest absolute Gasteiger partial charge is 0.366 e. The Kier molecular flexibility index (Phi) is 5.98. The molecular formula is C19H24N2O3S. The van der Waals surface area contributed by atoms with Crippen molar-refractivity contribution in [3.63, 3.8) is 0 Å². The van der Waals surface area contributed by atoms with E-state index in [0.717, 1.165) is 11.1 Å². The fraction of sp³-hybridized carbons (Fsp3) is 0.316. The van der Waals surface area contributed by atoms with Crippen molar-refractivity contribution in [2.24, 2.45) is 5.73 Å². The van der Waals surface area contributed by atoms with Gasteiger partial charge in [0, 0.05) is 18.0 Å². The van der Waals surface area contributed by atoms with Crippen LogP contribution in [0.3, 0.4) is 0 Å². The molecule has 0 aromatic heterocycles. The summed E-state index contributed by atoms with van der Waals surface area (Å²) in [6.45, 7) is 2.30. The number of rotatable bonds is 7. The van der Waals surface area contributed by atoms with Crippen LogP contribution in [0.2, 0.25) is 0 Å². The summed E-state index contributed by atoms with van der Waals surface area (Å²) >= 11 is 0. The number of benzene rings is 2. The molecule has 25 heavy (non-hydrogen) atoms. The van der Waals surface area contributed by atoms with Crippen molar-refractivity contribution < 1.29 is 13.2 Å². The third-order valence-corrected chi connectivity index (χ3v) is 5.92. The Bertz CT molecular complexity index is 843. The van der Waals surface area contributed by atoms with Gasteiger partial charge in [-0.3, -0.25) is 4.79 Å². The van der Waals surface area contributed by atoms with E-state index >= 15 is 0 Å². The molecule has 0 saturated carbocycles. The molecule has 0 saturated heterocycles. The van der Waals surface area contributed by atoms with E-state index < -0.39 is 15.7 Å². The predicted molar refractivity (Wildman–Crippen MR) is 99.5 cm³/mol. The molecule has 0 aliphatic carbocycles. The maximum absolute atomic E-state index is 12.0. The standard InChI is InChI=1S/C19H24N2O3S/c1-4-25(23,24)15-11-9-14(10-12-15)18(13-21(2)3)16-7-5-6-8-17(16)19(20)22/h5-12,18H,4,13H2,1-3H3,(H2,20,22)/t18-/m1/s1. The SMILES string of the molecule is CCS(=O)(=O)c1ccc([C@@H](CN(C)C)c2ccccc2C(N)=O)cc1. The first kappa shape index (κ1) is 19.1. The summed E-state index contributed by atoms with van der Waals surface area (Å²) in [7, 11) is 0.674. The van der Waals surface area contributed by atoms with Gasteiger partial charge >= 0.3 is 0 Å². The topological polar surface area (TPSA) is 80.5 Å². The summed E-state index contributed by atoms with van der Waals surface area (Å²) in [5, 5.41) is 0. The van der Waals surface area contributed by atoms with E-state index in [4.69, 9.17) is 5.73 Å². The summed E-state index contributed by atoms with van der Waals surface area (Å²) in [5.41, 5.74) is 7.80. The molecule has 0 radical (unpaired) electrons. The number of nitrogens with two attached hydrogens (primary N) is 1. The zero-order chi connectivity index (χ0) is 18.6. The highest BCUT2D eigenvalue weighted by molar-refractivity contribution is 7.91. The number of carbonyl (C=O) groups excluding carboxylic acids is 1. The van der Waals surface area contributed by atoms with Gasteiger partial charge in [-0.2, -0.15) is 0 Å². The van der Waals surface area contributed by atoms with E-state index in [0.29, 0.717) is 17.0 Å². The highest BCUT2D eigenvalue weighted by atomic mass is 32.2. The number of amides is 1. The fourth-order valence-corrected chi connectivity index (χ4v) is 3.73. The van der Waals surface area contributed by atoms with E-state index in [-0.39, 0.29) is 11.7 Å². The molecule has 0 aliphatic rings. The van der Waals surface area contributed by atoms with Gasteiger partial charge in [-0.25, -0.2) is 8.42 Å². The second-order valence-corrected chi connectivity index (χ2v) is 8.52. The summed E-state index contributed by atoms with van der Waals surface area (Å²) in [6.07, 6.45) is 0. The number of hydrogen-bond donors (Lipinski definition) is 1. The molecular weight excluding hydrogens is 336 g/mol. The third kappa shape index (κ3) is 4.46. The van der Waals surface area contributed by atoms with E-state index in [1.807, 2.05) is 43.3 Å². The van der Waals surface area contributed by atoms with Crippen molar-refractivity contribution in [2.45, 2.75) is 17.7 Å². The van der Waals surface area contributed by atoms with E-state index in [1.54, 1.807) is 31.2 Å². The maximum Gasteiger partial charge on any atom is 0.248 e. The average molecular weight is 360 g/mol. The van der Waals surface area contributed by atoms with E-state index in [1.165, 1.54) is 0 Å². The van der Waals surface area contributed by atoms with Gasteiger partial charge in [-0.15, -0.1) is 0 Å². The number of sulfone groups is 1. The zero-order valence-corrected chi connectivity index (χ0v) is 15.6. The molecule has 2 rings (SSSR count). The summed E-state index contributed by atoms with van der Waals surface area (Å²) < 4.78 is 24.0. The molecule has 2 N–H and O–H groups in total. The Morgan fingerprint density at radius 1 is 1.08 bits per heavy atom. The lowest BCUT2D eigenvalue weighted by atomic mass is 9.87. The van der Waals surface area contributed by atoms with E-state index in [9.17, 15) is 13.2 Å². The molecule has 134 valence electrons. The van der Waals surface area contributed by atoms with Crippen molar-refractivity contribution in [1.82, 2.24) is 4.90 Å². The van der Waals surface area contributed by atoms with Crippen LogP contribution in [0, 0.1) is 0 Å². The molecule has 0 unspecified atom stereocenters. The molecule has 5 nitrogen and oxygen atoms in total. The van der Waals surface area contributed by atoms with Gasteiger partial charge in [0.05, 0.1) is 10.6 Å².